The number of nitriles is 1. The molecule has 1 heterocycles. The molecule has 0 spiro atoms. The highest BCUT2D eigenvalue weighted by Gasteiger charge is 2.09. The number of rotatable bonds is 4. The van der Waals surface area contributed by atoms with Gasteiger partial charge in [-0.2, -0.15) is 5.26 Å². The molecule has 19 heavy (non-hydrogen) atoms. The van der Waals surface area contributed by atoms with Gasteiger partial charge in [-0.25, -0.2) is 4.79 Å². The smallest absolute Gasteiger partial charge is 0.341 e. The minimum atomic E-state index is -0.423. The van der Waals surface area contributed by atoms with Gasteiger partial charge in [0, 0.05) is 5.69 Å². The molecule has 2 rings (SSSR count). The monoisotopic (exact) mass is 256 g/mol. The lowest BCUT2D eigenvalue weighted by Gasteiger charge is -2.03. The van der Waals surface area contributed by atoms with Gasteiger partial charge in [-0.1, -0.05) is 0 Å². The Labute approximate surface area is 110 Å². The van der Waals surface area contributed by atoms with Crippen LogP contribution in [0.4, 0.5) is 5.69 Å². The van der Waals surface area contributed by atoms with Crippen LogP contribution in [0.15, 0.2) is 41.0 Å². The number of furan rings is 1. The average Bonchev–Trinajstić information content (AvgIpc) is 2.93. The zero-order valence-electron chi connectivity index (χ0n) is 10.3. The van der Waals surface area contributed by atoms with Crippen LogP contribution in [0.1, 0.15) is 21.7 Å². The van der Waals surface area contributed by atoms with Crippen LogP contribution in [0.3, 0.4) is 0 Å². The molecule has 0 saturated carbocycles. The van der Waals surface area contributed by atoms with E-state index in [1.165, 1.54) is 13.4 Å². The summed E-state index contributed by atoms with van der Waals surface area (Å²) in [5.74, 6) is 0.207. The third-order valence-corrected chi connectivity index (χ3v) is 2.56. The summed E-state index contributed by atoms with van der Waals surface area (Å²) in [4.78, 5) is 11.2. The Morgan fingerprint density at radius 2 is 2.16 bits per heavy atom. The molecule has 2 aromatic rings. The largest absolute Gasteiger partial charge is 0.467 e. The van der Waals surface area contributed by atoms with Gasteiger partial charge in [0.1, 0.15) is 12.0 Å². The number of nitrogens with one attached hydrogen (secondary N) is 1. The van der Waals surface area contributed by atoms with Crippen molar-refractivity contribution in [1.82, 2.24) is 0 Å². The first-order valence-corrected chi connectivity index (χ1v) is 5.62. The zero-order chi connectivity index (χ0) is 13.7. The Kier molecular flexibility index (Phi) is 3.84. The summed E-state index contributed by atoms with van der Waals surface area (Å²) in [5.41, 5.74) is 1.87. The van der Waals surface area contributed by atoms with Gasteiger partial charge >= 0.3 is 5.97 Å². The molecular formula is C14H12N2O3. The Hall–Kier alpha value is -2.74. The summed E-state index contributed by atoms with van der Waals surface area (Å²) in [7, 11) is 1.32. The Balaban J connectivity index is 1.96. The molecule has 0 amide bonds. The molecule has 1 aromatic carbocycles. The molecule has 1 N–H and O–H groups in total. The minimum Gasteiger partial charge on any atom is -0.467 e. The van der Waals surface area contributed by atoms with E-state index < -0.39 is 5.97 Å². The predicted octanol–water partition coefficient (Wildman–Crippen LogP) is 2.55. The van der Waals surface area contributed by atoms with Crippen molar-refractivity contribution in [2.24, 2.45) is 0 Å². The van der Waals surface area contributed by atoms with E-state index in [-0.39, 0.29) is 0 Å². The van der Waals surface area contributed by atoms with Crippen LogP contribution in [-0.2, 0) is 11.3 Å². The summed E-state index contributed by atoms with van der Waals surface area (Å²) in [6.45, 7) is 0.447. The fraction of sp³-hybridized carbons (Fsp3) is 0.143. The number of hydrogen-bond donors (Lipinski definition) is 1. The van der Waals surface area contributed by atoms with E-state index in [0.29, 0.717) is 23.4 Å². The van der Waals surface area contributed by atoms with Crippen molar-refractivity contribution in [2.75, 3.05) is 12.4 Å². The first-order chi connectivity index (χ1) is 9.22. The first-order valence-electron chi connectivity index (χ1n) is 5.62. The van der Waals surface area contributed by atoms with Crippen LogP contribution in [0.25, 0.3) is 0 Å². The van der Waals surface area contributed by atoms with Gasteiger partial charge in [0.2, 0.25) is 0 Å². The Bertz CT molecular complexity index is 608. The second kappa shape index (κ2) is 5.74. The third-order valence-electron chi connectivity index (χ3n) is 2.56. The standard InChI is InChI=1S/C14H12N2O3/c1-18-14(17)11-6-13(19-9-11)8-16-12-4-2-10(7-15)3-5-12/h2-6,9,16H,8H2,1H3. The lowest BCUT2D eigenvalue weighted by Crippen LogP contribution is -2.00. The second-order valence-electron chi connectivity index (χ2n) is 3.84. The second-order valence-corrected chi connectivity index (χ2v) is 3.84. The van der Waals surface area contributed by atoms with E-state index in [0.717, 1.165) is 5.69 Å². The summed E-state index contributed by atoms with van der Waals surface area (Å²) in [6.07, 6.45) is 1.36. The summed E-state index contributed by atoms with van der Waals surface area (Å²) in [6, 6.07) is 10.7. The van der Waals surface area contributed by atoms with Gasteiger partial charge in [-0.15, -0.1) is 0 Å². The van der Waals surface area contributed by atoms with Gasteiger partial charge in [0.25, 0.3) is 0 Å². The number of anilines is 1. The van der Waals surface area contributed by atoms with Gasteiger partial charge < -0.3 is 14.5 Å². The fourth-order valence-electron chi connectivity index (χ4n) is 1.55. The molecule has 5 heteroatoms. The number of nitrogens with zero attached hydrogens (tertiary/aromatic N) is 1. The highest BCUT2D eigenvalue weighted by atomic mass is 16.5. The number of ether oxygens (including phenoxy) is 1. The molecule has 0 saturated heterocycles. The molecule has 1 aromatic heterocycles. The van der Waals surface area contributed by atoms with Crippen molar-refractivity contribution in [3.63, 3.8) is 0 Å². The van der Waals surface area contributed by atoms with Crippen LogP contribution in [-0.4, -0.2) is 13.1 Å². The number of carbonyl (C=O) groups excluding carboxylic acids is 1. The molecule has 96 valence electrons. The van der Waals surface area contributed by atoms with Gasteiger partial charge in [0.05, 0.1) is 30.9 Å². The normalized spacial score (nSPS) is 9.68. The van der Waals surface area contributed by atoms with E-state index in [4.69, 9.17) is 9.68 Å². The Morgan fingerprint density at radius 1 is 1.42 bits per heavy atom. The topological polar surface area (TPSA) is 75.3 Å². The van der Waals surface area contributed by atoms with Crippen LogP contribution >= 0.6 is 0 Å². The number of carbonyl (C=O) groups is 1. The van der Waals surface area contributed by atoms with Crippen molar-refractivity contribution in [2.45, 2.75) is 6.54 Å². The summed E-state index contributed by atoms with van der Waals surface area (Å²) in [5, 5.41) is 11.8. The average molecular weight is 256 g/mol. The van der Waals surface area contributed by atoms with Crippen LogP contribution in [0.5, 0.6) is 0 Å². The maximum Gasteiger partial charge on any atom is 0.341 e. The molecule has 0 bridgehead atoms. The van der Waals surface area contributed by atoms with E-state index in [9.17, 15) is 4.79 Å². The lowest BCUT2D eigenvalue weighted by molar-refractivity contribution is 0.0600. The highest BCUT2D eigenvalue weighted by Crippen LogP contribution is 2.13. The van der Waals surface area contributed by atoms with E-state index in [1.807, 2.05) is 12.1 Å². The van der Waals surface area contributed by atoms with Crippen LogP contribution in [0.2, 0.25) is 0 Å². The molecule has 0 atom stereocenters. The maximum absolute atomic E-state index is 11.2. The van der Waals surface area contributed by atoms with Crippen molar-refractivity contribution < 1.29 is 13.9 Å². The minimum absolute atomic E-state index is 0.388. The fourth-order valence-corrected chi connectivity index (χ4v) is 1.55. The molecule has 0 aliphatic heterocycles. The lowest BCUT2D eigenvalue weighted by atomic mass is 10.2. The van der Waals surface area contributed by atoms with Crippen molar-refractivity contribution in [3.8, 4) is 6.07 Å². The molecule has 0 unspecified atom stereocenters. The highest BCUT2D eigenvalue weighted by molar-refractivity contribution is 5.88. The van der Waals surface area contributed by atoms with Gasteiger partial charge in [-0.3, -0.25) is 0 Å². The summed E-state index contributed by atoms with van der Waals surface area (Å²) < 4.78 is 9.83. The van der Waals surface area contributed by atoms with Crippen molar-refractivity contribution in [1.29, 1.82) is 5.26 Å². The predicted molar refractivity (Wildman–Crippen MR) is 68.5 cm³/mol. The zero-order valence-corrected chi connectivity index (χ0v) is 10.3. The number of esters is 1. The van der Waals surface area contributed by atoms with Crippen molar-refractivity contribution in [3.05, 3.63) is 53.5 Å². The Morgan fingerprint density at radius 3 is 2.79 bits per heavy atom. The van der Waals surface area contributed by atoms with E-state index in [1.54, 1.807) is 18.2 Å². The van der Waals surface area contributed by atoms with Crippen molar-refractivity contribution >= 4 is 11.7 Å². The van der Waals surface area contributed by atoms with Crippen LogP contribution < -0.4 is 5.32 Å². The van der Waals surface area contributed by atoms with E-state index >= 15 is 0 Å². The molecule has 0 aliphatic carbocycles. The number of hydrogen-bond acceptors (Lipinski definition) is 5. The van der Waals surface area contributed by atoms with Gasteiger partial charge in [0.15, 0.2) is 0 Å². The SMILES string of the molecule is COC(=O)c1coc(CNc2ccc(C#N)cc2)c1. The molecule has 0 fully saturated rings. The maximum atomic E-state index is 11.2. The third kappa shape index (κ3) is 3.13. The quantitative estimate of drug-likeness (QED) is 0.851. The van der Waals surface area contributed by atoms with Gasteiger partial charge in [-0.05, 0) is 30.3 Å². The van der Waals surface area contributed by atoms with Crippen LogP contribution in [0, 0.1) is 11.3 Å². The molecule has 0 radical (unpaired) electrons. The number of methoxy groups -OCH3 is 1. The first kappa shape index (κ1) is 12.7. The van der Waals surface area contributed by atoms with E-state index in [2.05, 4.69) is 16.1 Å². The molecule has 5 nitrogen and oxygen atoms in total. The molecular weight excluding hydrogens is 244 g/mol. The molecule has 0 aliphatic rings. The summed E-state index contributed by atoms with van der Waals surface area (Å²) >= 11 is 0. The number of benzene rings is 1.